The van der Waals surface area contributed by atoms with E-state index < -0.39 is 0 Å². The fourth-order valence-electron chi connectivity index (χ4n) is 1.84. The summed E-state index contributed by atoms with van der Waals surface area (Å²) < 4.78 is 1.98. The fraction of sp³-hybridized carbons (Fsp3) is 0.636. The lowest BCUT2D eigenvalue weighted by atomic mass is 9.93. The van der Waals surface area contributed by atoms with Gasteiger partial charge in [-0.1, -0.05) is 0 Å². The highest BCUT2D eigenvalue weighted by atomic mass is 16.2. The van der Waals surface area contributed by atoms with Crippen molar-refractivity contribution in [3.63, 3.8) is 0 Å². The van der Waals surface area contributed by atoms with Gasteiger partial charge in [0.1, 0.15) is 0 Å². The third kappa shape index (κ3) is 1.76. The van der Waals surface area contributed by atoms with Crippen LogP contribution >= 0.6 is 0 Å². The zero-order valence-electron chi connectivity index (χ0n) is 8.65. The largest absolute Gasteiger partial charge is 0.323 e. The van der Waals surface area contributed by atoms with Crippen molar-refractivity contribution in [1.29, 1.82) is 0 Å². The zero-order valence-corrected chi connectivity index (χ0v) is 8.65. The van der Waals surface area contributed by atoms with Crippen molar-refractivity contribution in [3.8, 4) is 0 Å². The summed E-state index contributed by atoms with van der Waals surface area (Å²) in [6.07, 6.45) is 9.53. The molecule has 0 aromatic carbocycles. The molecule has 0 atom stereocenters. The summed E-state index contributed by atoms with van der Waals surface area (Å²) in [5.74, 6) is 0.417. The summed E-state index contributed by atoms with van der Waals surface area (Å²) in [4.78, 5) is 11.5. The predicted octanol–water partition coefficient (Wildman–Crippen LogP) is 1.96. The van der Waals surface area contributed by atoms with E-state index in [2.05, 4.69) is 10.4 Å². The van der Waals surface area contributed by atoms with Gasteiger partial charge < -0.3 is 5.32 Å². The average molecular weight is 205 g/mol. The molecule has 1 amide bonds. The first kappa shape index (κ1) is 8.95. The second-order valence-electron chi connectivity index (χ2n) is 4.56. The fourth-order valence-corrected chi connectivity index (χ4v) is 1.84. The van der Waals surface area contributed by atoms with E-state index in [9.17, 15) is 4.79 Å². The van der Waals surface area contributed by atoms with Crippen LogP contribution in [0.25, 0.3) is 0 Å². The molecule has 1 heterocycles. The summed E-state index contributed by atoms with van der Waals surface area (Å²) in [6, 6.07) is 0.566. The van der Waals surface area contributed by atoms with Crippen LogP contribution in [0.4, 0.5) is 5.69 Å². The SMILES string of the molecule is O=C(Nc1cnn(C2CCC2)c1)C1CC1. The van der Waals surface area contributed by atoms with Crippen LogP contribution in [0.2, 0.25) is 0 Å². The summed E-state index contributed by atoms with van der Waals surface area (Å²) in [6.45, 7) is 0. The molecule has 2 fully saturated rings. The van der Waals surface area contributed by atoms with Crippen molar-refractivity contribution in [2.24, 2.45) is 5.92 Å². The Bertz CT molecular complexity index is 377. The van der Waals surface area contributed by atoms with E-state index in [-0.39, 0.29) is 11.8 Å². The Kier molecular flexibility index (Phi) is 2.01. The van der Waals surface area contributed by atoms with Gasteiger partial charge in [0.05, 0.1) is 17.9 Å². The number of rotatable bonds is 3. The number of nitrogens with one attached hydrogen (secondary N) is 1. The van der Waals surface area contributed by atoms with Gasteiger partial charge in [-0.3, -0.25) is 9.48 Å². The smallest absolute Gasteiger partial charge is 0.227 e. The summed E-state index contributed by atoms with van der Waals surface area (Å²) in [7, 11) is 0. The van der Waals surface area contributed by atoms with Crippen LogP contribution in [-0.4, -0.2) is 15.7 Å². The molecule has 0 radical (unpaired) electrons. The molecule has 0 saturated heterocycles. The van der Waals surface area contributed by atoms with Crippen LogP contribution in [0.5, 0.6) is 0 Å². The Morgan fingerprint density at radius 1 is 1.40 bits per heavy atom. The van der Waals surface area contributed by atoms with Gasteiger partial charge in [-0.05, 0) is 32.1 Å². The van der Waals surface area contributed by atoms with E-state index in [1.807, 2.05) is 10.9 Å². The van der Waals surface area contributed by atoms with E-state index in [1.54, 1.807) is 6.20 Å². The molecule has 0 spiro atoms. The number of hydrogen-bond acceptors (Lipinski definition) is 2. The Morgan fingerprint density at radius 3 is 2.80 bits per heavy atom. The highest BCUT2D eigenvalue weighted by Gasteiger charge is 2.30. The van der Waals surface area contributed by atoms with E-state index >= 15 is 0 Å². The van der Waals surface area contributed by atoms with Crippen molar-refractivity contribution in [3.05, 3.63) is 12.4 Å². The van der Waals surface area contributed by atoms with Crippen LogP contribution in [0.3, 0.4) is 0 Å². The van der Waals surface area contributed by atoms with Crippen molar-refractivity contribution in [2.75, 3.05) is 5.32 Å². The van der Waals surface area contributed by atoms with Crippen LogP contribution in [0.1, 0.15) is 38.1 Å². The Balaban J connectivity index is 1.64. The highest BCUT2D eigenvalue weighted by Crippen LogP contribution is 2.32. The molecule has 2 aliphatic rings. The molecule has 15 heavy (non-hydrogen) atoms. The van der Waals surface area contributed by atoms with E-state index in [4.69, 9.17) is 0 Å². The number of carbonyl (C=O) groups is 1. The molecule has 2 aliphatic carbocycles. The Hall–Kier alpha value is -1.32. The molecule has 1 aromatic rings. The maximum atomic E-state index is 11.5. The van der Waals surface area contributed by atoms with Gasteiger partial charge in [-0.25, -0.2) is 0 Å². The van der Waals surface area contributed by atoms with Gasteiger partial charge in [0.15, 0.2) is 0 Å². The first-order valence-electron chi connectivity index (χ1n) is 5.68. The number of nitrogens with zero attached hydrogens (tertiary/aromatic N) is 2. The van der Waals surface area contributed by atoms with Gasteiger partial charge in [0.2, 0.25) is 5.91 Å². The minimum Gasteiger partial charge on any atom is -0.323 e. The lowest BCUT2D eigenvalue weighted by Crippen LogP contribution is -2.17. The van der Waals surface area contributed by atoms with Gasteiger partial charge in [0, 0.05) is 12.1 Å². The van der Waals surface area contributed by atoms with Gasteiger partial charge >= 0.3 is 0 Å². The van der Waals surface area contributed by atoms with Crippen molar-refractivity contribution < 1.29 is 4.79 Å². The maximum absolute atomic E-state index is 11.5. The second kappa shape index (κ2) is 3.36. The zero-order chi connectivity index (χ0) is 10.3. The third-order valence-corrected chi connectivity index (χ3v) is 3.27. The topological polar surface area (TPSA) is 46.9 Å². The first-order valence-corrected chi connectivity index (χ1v) is 5.68. The molecule has 1 aromatic heterocycles. The van der Waals surface area contributed by atoms with Crippen molar-refractivity contribution >= 4 is 11.6 Å². The van der Waals surface area contributed by atoms with Gasteiger partial charge in [-0.15, -0.1) is 0 Å². The van der Waals surface area contributed by atoms with Crippen LogP contribution in [-0.2, 0) is 4.79 Å². The van der Waals surface area contributed by atoms with Crippen LogP contribution in [0.15, 0.2) is 12.4 Å². The van der Waals surface area contributed by atoms with Gasteiger partial charge in [0.25, 0.3) is 0 Å². The molecule has 0 unspecified atom stereocenters. The number of amides is 1. The lowest BCUT2D eigenvalue weighted by molar-refractivity contribution is -0.117. The standard InChI is InChI=1S/C11H15N3O/c15-11(8-4-5-8)13-9-6-12-14(7-9)10-2-1-3-10/h6-8,10H,1-5H2,(H,13,15). The predicted molar refractivity (Wildman–Crippen MR) is 56.5 cm³/mol. The summed E-state index contributed by atoms with van der Waals surface area (Å²) in [5, 5.41) is 7.18. The number of anilines is 1. The molecule has 2 saturated carbocycles. The van der Waals surface area contributed by atoms with Gasteiger partial charge in [-0.2, -0.15) is 5.10 Å². The molecule has 1 N–H and O–H groups in total. The van der Waals surface area contributed by atoms with E-state index in [0.29, 0.717) is 6.04 Å². The molecule has 0 aliphatic heterocycles. The monoisotopic (exact) mass is 205 g/mol. The van der Waals surface area contributed by atoms with E-state index in [0.717, 1.165) is 18.5 Å². The normalized spacial score (nSPS) is 21.1. The van der Waals surface area contributed by atoms with Crippen molar-refractivity contribution in [1.82, 2.24) is 9.78 Å². The molecular weight excluding hydrogens is 190 g/mol. The Morgan fingerprint density at radius 2 is 2.20 bits per heavy atom. The van der Waals surface area contributed by atoms with Crippen LogP contribution < -0.4 is 5.32 Å². The molecule has 4 nitrogen and oxygen atoms in total. The van der Waals surface area contributed by atoms with Crippen molar-refractivity contribution in [2.45, 2.75) is 38.1 Å². The maximum Gasteiger partial charge on any atom is 0.227 e. The number of hydrogen-bond donors (Lipinski definition) is 1. The van der Waals surface area contributed by atoms with E-state index in [1.165, 1.54) is 19.3 Å². The first-order chi connectivity index (χ1) is 7.33. The molecular formula is C11H15N3O. The minimum absolute atomic E-state index is 0.156. The molecule has 4 heteroatoms. The third-order valence-electron chi connectivity index (χ3n) is 3.27. The quantitative estimate of drug-likeness (QED) is 0.819. The second-order valence-corrected chi connectivity index (χ2v) is 4.56. The lowest BCUT2D eigenvalue weighted by Gasteiger charge is -2.25. The highest BCUT2D eigenvalue weighted by molar-refractivity contribution is 5.93. The molecule has 0 bridgehead atoms. The summed E-state index contributed by atoms with van der Waals surface area (Å²) in [5.41, 5.74) is 0.846. The van der Waals surface area contributed by atoms with Crippen LogP contribution in [0, 0.1) is 5.92 Å². The molecule has 80 valence electrons. The molecule has 3 rings (SSSR count). The number of aromatic nitrogens is 2. The Labute approximate surface area is 88.7 Å². The average Bonchev–Trinajstić information content (AvgIpc) is 2.88. The summed E-state index contributed by atoms with van der Waals surface area (Å²) >= 11 is 0. The number of carbonyl (C=O) groups excluding carboxylic acids is 1. The minimum atomic E-state index is 0.156.